The Hall–Kier alpha value is -1.62. The summed E-state index contributed by atoms with van der Waals surface area (Å²) in [5.74, 6) is 0. The van der Waals surface area contributed by atoms with Crippen molar-refractivity contribution >= 4 is 38.1 Å². The topological polar surface area (TPSA) is 0 Å². The minimum absolute atomic E-state index is 0.808. The van der Waals surface area contributed by atoms with Crippen molar-refractivity contribution in [1.82, 2.24) is 0 Å². The second kappa shape index (κ2) is 7.42. The van der Waals surface area contributed by atoms with E-state index in [1.54, 1.807) is 0 Å². The van der Waals surface area contributed by atoms with Crippen LogP contribution in [0.4, 0.5) is 0 Å². The third-order valence-corrected chi connectivity index (χ3v) is 9.56. The average Bonchev–Trinajstić information content (AvgIpc) is 2.60. The van der Waals surface area contributed by atoms with Gasteiger partial charge in [0.05, 0.1) is 16.1 Å². The molecule has 0 bridgehead atoms. The van der Waals surface area contributed by atoms with Crippen molar-refractivity contribution in [2.75, 3.05) is 0 Å². The SMILES string of the molecule is C[Si](C)(C)c1ccc(-c2ccc(-c3ccc([Si](C)(C)C)cc3)c(Cl)c2)cc1. The lowest BCUT2D eigenvalue weighted by Crippen LogP contribution is -2.37. The predicted molar refractivity (Wildman–Crippen MR) is 128 cm³/mol. The zero-order valence-corrected chi connectivity index (χ0v) is 20.0. The molecule has 0 atom stereocenters. The van der Waals surface area contributed by atoms with Gasteiger partial charge in [-0.2, -0.15) is 0 Å². The standard InChI is InChI=1S/C24H29ClSi2/c1-26(2,3)21-12-7-18(8-13-21)20-11-16-23(24(25)17-20)19-9-14-22(15-10-19)27(4,5)6/h7-17H,1-6H3. The molecule has 0 amide bonds. The predicted octanol–water partition coefficient (Wildman–Crippen LogP) is 6.76. The van der Waals surface area contributed by atoms with E-state index in [1.165, 1.54) is 27.1 Å². The smallest absolute Gasteiger partial charge is 0.0775 e. The molecule has 0 nitrogen and oxygen atoms in total. The van der Waals surface area contributed by atoms with E-state index in [2.05, 4.69) is 106 Å². The van der Waals surface area contributed by atoms with Crippen LogP contribution in [0, 0.1) is 0 Å². The molecule has 0 N–H and O–H groups in total. The fourth-order valence-corrected chi connectivity index (χ4v) is 5.86. The van der Waals surface area contributed by atoms with Crippen LogP contribution in [0.25, 0.3) is 22.3 Å². The molecular weight excluding hydrogens is 380 g/mol. The summed E-state index contributed by atoms with van der Waals surface area (Å²) >= 11 is 6.66. The Morgan fingerprint density at radius 2 is 0.926 bits per heavy atom. The number of halogens is 1. The summed E-state index contributed by atoms with van der Waals surface area (Å²) in [5, 5.41) is 3.76. The van der Waals surface area contributed by atoms with Crippen molar-refractivity contribution in [3.63, 3.8) is 0 Å². The molecule has 27 heavy (non-hydrogen) atoms. The molecule has 140 valence electrons. The largest absolute Gasteiger partial charge is 0.0836 e. The minimum Gasteiger partial charge on any atom is -0.0836 e. The molecule has 0 aromatic heterocycles. The van der Waals surface area contributed by atoms with Crippen LogP contribution in [-0.4, -0.2) is 16.1 Å². The maximum Gasteiger partial charge on any atom is 0.0775 e. The van der Waals surface area contributed by atoms with Crippen molar-refractivity contribution in [3.8, 4) is 22.3 Å². The van der Waals surface area contributed by atoms with E-state index in [4.69, 9.17) is 11.6 Å². The van der Waals surface area contributed by atoms with Crippen molar-refractivity contribution in [1.29, 1.82) is 0 Å². The average molecular weight is 409 g/mol. The normalized spacial score (nSPS) is 12.3. The lowest BCUT2D eigenvalue weighted by atomic mass is 10.0. The van der Waals surface area contributed by atoms with Gasteiger partial charge in [0, 0.05) is 10.6 Å². The highest BCUT2D eigenvalue weighted by Crippen LogP contribution is 2.32. The molecule has 0 saturated heterocycles. The Balaban J connectivity index is 1.90. The van der Waals surface area contributed by atoms with Crippen LogP contribution in [0.5, 0.6) is 0 Å². The Kier molecular flexibility index (Phi) is 5.53. The molecule has 0 aliphatic carbocycles. The summed E-state index contributed by atoms with van der Waals surface area (Å²) < 4.78 is 0. The van der Waals surface area contributed by atoms with Crippen molar-refractivity contribution in [3.05, 3.63) is 71.8 Å². The summed E-state index contributed by atoms with van der Waals surface area (Å²) in [6.07, 6.45) is 0. The zero-order chi connectivity index (χ0) is 19.8. The Morgan fingerprint density at radius 3 is 1.33 bits per heavy atom. The molecule has 0 heterocycles. The van der Waals surface area contributed by atoms with Gasteiger partial charge >= 0.3 is 0 Å². The van der Waals surface area contributed by atoms with E-state index >= 15 is 0 Å². The molecule has 0 saturated carbocycles. The Labute approximate surface area is 171 Å². The van der Waals surface area contributed by atoms with Gasteiger partial charge in [0.25, 0.3) is 0 Å². The molecule has 0 radical (unpaired) electrons. The van der Waals surface area contributed by atoms with Gasteiger partial charge in [-0.15, -0.1) is 0 Å². The first-order valence-electron chi connectivity index (χ1n) is 9.57. The summed E-state index contributed by atoms with van der Waals surface area (Å²) in [6.45, 7) is 14.2. The molecule has 0 aliphatic heterocycles. The van der Waals surface area contributed by atoms with Crippen LogP contribution < -0.4 is 10.4 Å². The number of hydrogen-bond acceptors (Lipinski definition) is 0. The van der Waals surface area contributed by atoms with Crippen LogP contribution >= 0.6 is 11.6 Å². The summed E-state index contributed by atoms with van der Waals surface area (Å²) in [4.78, 5) is 0. The summed E-state index contributed by atoms with van der Waals surface area (Å²) in [6, 6.07) is 24.4. The van der Waals surface area contributed by atoms with Crippen molar-refractivity contribution in [2.24, 2.45) is 0 Å². The molecule has 3 heteroatoms. The lowest BCUT2D eigenvalue weighted by Gasteiger charge is -2.17. The third kappa shape index (κ3) is 4.63. The van der Waals surface area contributed by atoms with Crippen molar-refractivity contribution < 1.29 is 0 Å². The van der Waals surface area contributed by atoms with Crippen LogP contribution in [0.15, 0.2) is 66.7 Å². The van der Waals surface area contributed by atoms with Gasteiger partial charge in [-0.25, -0.2) is 0 Å². The first-order chi connectivity index (χ1) is 12.6. The molecule has 0 fully saturated rings. The fourth-order valence-electron chi connectivity index (χ4n) is 3.24. The molecule has 0 unspecified atom stereocenters. The second-order valence-corrected chi connectivity index (χ2v) is 19.9. The molecular formula is C24H29ClSi2. The fraction of sp³-hybridized carbons (Fsp3) is 0.250. The van der Waals surface area contributed by atoms with E-state index < -0.39 is 16.1 Å². The van der Waals surface area contributed by atoms with E-state index in [0.717, 1.165) is 10.6 Å². The molecule has 0 spiro atoms. The first kappa shape index (κ1) is 20.1. The third-order valence-electron chi connectivity index (χ3n) is 5.12. The van der Waals surface area contributed by atoms with Gasteiger partial charge < -0.3 is 0 Å². The number of rotatable bonds is 4. The number of benzene rings is 3. The summed E-state index contributed by atoms with van der Waals surface area (Å²) in [7, 11) is -2.53. The van der Waals surface area contributed by atoms with Gasteiger partial charge in [-0.3, -0.25) is 0 Å². The van der Waals surface area contributed by atoms with Gasteiger partial charge in [0.2, 0.25) is 0 Å². The van der Waals surface area contributed by atoms with Gasteiger partial charge in [0.15, 0.2) is 0 Å². The van der Waals surface area contributed by atoms with Gasteiger partial charge in [0.1, 0.15) is 0 Å². The Morgan fingerprint density at radius 1 is 0.519 bits per heavy atom. The maximum atomic E-state index is 6.66. The van der Waals surface area contributed by atoms with Crippen LogP contribution in [0.3, 0.4) is 0 Å². The van der Waals surface area contributed by atoms with Crippen molar-refractivity contribution in [2.45, 2.75) is 39.3 Å². The van der Waals surface area contributed by atoms with E-state index in [-0.39, 0.29) is 0 Å². The quantitative estimate of drug-likeness (QED) is 0.418. The number of hydrogen-bond donors (Lipinski definition) is 0. The highest BCUT2D eigenvalue weighted by Gasteiger charge is 2.17. The van der Waals surface area contributed by atoms with E-state index in [9.17, 15) is 0 Å². The van der Waals surface area contributed by atoms with E-state index in [1.807, 2.05) is 0 Å². The highest BCUT2D eigenvalue weighted by atomic mass is 35.5. The molecule has 0 aliphatic rings. The first-order valence-corrected chi connectivity index (χ1v) is 16.9. The second-order valence-electron chi connectivity index (χ2n) is 9.35. The lowest BCUT2D eigenvalue weighted by molar-refractivity contribution is 1.59. The minimum atomic E-state index is -1.27. The maximum absolute atomic E-state index is 6.66. The van der Waals surface area contributed by atoms with Gasteiger partial charge in [-0.05, 0) is 22.8 Å². The van der Waals surface area contributed by atoms with E-state index in [0.29, 0.717) is 0 Å². The summed E-state index contributed by atoms with van der Waals surface area (Å²) in [5.41, 5.74) is 4.67. The molecule has 3 rings (SSSR count). The highest BCUT2D eigenvalue weighted by molar-refractivity contribution is 6.89. The van der Waals surface area contributed by atoms with Gasteiger partial charge in [-0.1, -0.05) is 122 Å². The van der Waals surface area contributed by atoms with Crippen LogP contribution in [0.2, 0.25) is 44.3 Å². The monoisotopic (exact) mass is 408 g/mol. The van der Waals surface area contributed by atoms with Crippen LogP contribution in [0.1, 0.15) is 0 Å². The Bertz CT molecular complexity index is 928. The zero-order valence-electron chi connectivity index (χ0n) is 17.2. The molecule has 3 aromatic carbocycles. The molecule has 3 aromatic rings. The van der Waals surface area contributed by atoms with Crippen LogP contribution in [-0.2, 0) is 0 Å².